The van der Waals surface area contributed by atoms with Crippen molar-refractivity contribution in [3.63, 3.8) is 0 Å². The monoisotopic (exact) mass is 338 g/mol. The summed E-state index contributed by atoms with van der Waals surface area (Å²) in [5.41, 5.74) is 4.05. The Balaban J connectivity index is 1.96. The van der Waals surface area contributed by atoms with Crippen molar-refractivity contribution in [2.24, 2.45) is 5.10 Å². The third-order valence-corrected chi connectivity index (χ3v) is 4.38. The summed E-state index contributed by atoms with van der Waals surface area (Å²) < 4.78 is 10.7. The quantitative estimate of drug-likeness (QED) is 0.854. The van der Waals surface area contributed by atoms with Gasteiger partial charge in [-0.05, 0) is 30.7 Å². The van der Waals surface area contributed by atoms with E-state index in [1.807, 2.05) is 43.3 Å². The topological polar surface area (TPSA) is 51.1 Å². The zero-order chi connectivity index (χ0) is 18.0. The van der Waals surface area contributed by atoms with Crippen LogP contribution in [0.3, 0.4) is 0 Å². The van der Waals surface area contributed by atoms with E-state index >= 15 is 0 Å². The molecule has 1 atom stereocenters. The second-order valence-electron chi connectivity index (χ2n) is 6.11. The Hall–Kier alpha value is -2.82. The average Bonchev–Trinajstić information content (AvgIpc) is 3.07. The molecule has 0 fully saturated rings. The van der Waals surface area contributed by atoms with Crippen molar-refractivity contribution in [1.29, 1.82) is 0 Å². The number of carbonyl (C=O) groups excluding carboxylic acids is 1. The van der Waals surface area contributed by atoms with Crippen LogP contribution in [0.25, 0.3) is 0 Å². The predicted molar refractivity (Wildman–Crippen MR) is 97.1 cm³/mol. The van der Waals surface area contributed by atoms with Gasteiger partial charge >= 0.3 is 0 Å². The molecule has 0 unspecified atom stereocenters. The van der Waals surface area contributed by atoms with Crippen LogP contribution >= 0.6 is 0 Å². The SMILES string of the molecule is COc1ccc(C2=NN(C(C)=O)[C@@H](c3cccc(C)c3)C2)cc1OC. The van der Waals surface area contributed by atoms with Crippen LogP contribution in [0.1, 0.15) is 36.1 Å². The molecular formula is C20H22N2O3. The second kappa shape index (κ2) is 6.97. The van der Waals surface area contributed by atoms with Gasteiger partial charge in [0.2, 0.25) is 5.91 Å². The molecule has 1 aliphatic heterocycles. The van der Waals surface area contributed by atoms with Crippen LogP contribution in [0.4, 0.5) is 0 Å². The number of ether oxygens (including phenoxy) is 2. The Morgan fingerprint density at radius 3 is 2.52 bits per heavy atom. The molecule has 0 bridgehead atoms. The molecule has 0 N–H and O–H groups in total. The summed E-state index contributed by atoms with van der Waals surface area (Å²) in [5, 5.41) is 6.15. The van der Waals surface area contributed by atoms with Crippen LogP contribution in [0.15, 0.2) is 47.6 Å². The first-order valence-electron chi connectivity index (χ1n) is 8.19. The molecule has 0 saturated heterocycles. The third-order valence-electron chi connectivity index (χ3n) is 4.38. The number of hydrogen-bond donors (Lipinski definition) is 0. The van der Waals surface area contributed by atoms with E-state index in [2.05, 4.69) is 11.2 Å². The highest BCUT2D eigenvalue weighted by atomic mass is 16.5. The van der Waals surface area contributed by atoms with Gasteiger partial charge in [-0.3, -0.25) is 4.79 Å². The van der Waals surface area contributed by atoms with Crippen molar-refractivity contribution in [3.05, 3.63) is 59.2 Å². The van der Waals surface area contributed by atoms with E-state index in [1.54, 1.807) is 26.2 Å². The van der Waals surface area contributed by atoms with Gasteiger partial charge in [0.05, 0.1) is 26.0 Å². The molecule has 5 heteroatoms. The molecule has 0 aromatic heterocycles. The van der Waals surface area contributed by atoms with Crippen molar-refractivity contribution in [3.8, 4) is 11.5 Å². The van der Waals surface area contributed by atoms with Crippen molar-refractivity contribution in [2.75, 3.05) is 14.2 Å². The van der Waals surface area contributed by atoms with E-state index in [0.29, 0.717) is 17.9 Å². The molecule has 3 rings (SSSR count). The fourth-order valence-electron chi connectivity index (χ4n) is 3.13. The van der Waals surface area contributed by atoms with Crippen molar-refractivity contribution < 1.29 is 14.3 Å². The zero-order valence-electron chi connectivity index (χ0n) is 14.9. The van der Waals surface area contributed by atoms with Crippen LogP contribution in [-0.4, -0.2) is 30.8 Å². The fourth-order valence-corrected chi connectivity index (χ4v) is 3.13. The standard InChI is InChI=1S/C20H22N2O3/c1-13-6-5-7-16(10-13)18-12-17(21-22(18)14(2)23)15-8-9-19(24-3)20(11-15)25-4/h5-11,18H,12H2,1-4H3/t18-/m1/s1. The molecular weight excluding hydrogens is 316 g/mol. The number of nitrogens with zero attached hydrogens (tertiary/aromatic N) is 2. The lowest BCUT2D eigenvalue weighted by molar-refractivity contribution is -0.130. The van der Waals surface area contributed by atoms with E-state index in [1.165, 1.54) is 5.56 Å². The highest BCUT2D eigenvalue weighted by Crippen LogP contribution is 2.35. The average molecular weight is 338 g/mol. The van der Waals surface area contributed by atoms with Gasteiger partial charge in [0.1, 0.15) is 0 Å². The number of hydrogen-bond acceptors (Lipinski definition) is 4. The fraction of sp³-hybridized carbons (Fsp3) is 0.300. The van der Waals surface area contributed by atoms with Gasteiger partial charge < -0.3 is 9.47 Å². The number of methoxy groups -OCH3 is 2. The maximum absolute atomic E-state index is 12.1. The molecule has 1 heterocycles. The predicted octanol–water partition coefficient (Wildman–Crippen LogP) is 3.71. The van der Waals surface area contributed by atoms with Gasteiger partial charge in [0, 0.05) is 18.9 Å². The number of carbonyl (C=O) groups is 1. The molecule has 1 amide bonds. The summed E-state index contributed by atoms with van der Waals surface area (Å²) in [5.74, 6) is 1.25. The number of rotatable bonds is 4. The highest BCUT2D eigenvalue weighted by Gasteiger charge is 2.31. The van der Waals surface area contributed by atoms with Gasteiger partial charge in [-0.2, -0.15) is 5.10 Å². The molecule has 1 aliphatic rings. The molecule has 0 spiro atoms. The van der Waals surface area contributed by atoms with E-state index < -0.39 is 0 Å². The minimum atomic E-state index is -0.0829. The van der Waals surface area contributed by atoms with Gasteiger partial charge in [-0.25, -0.2) is 5.01 Å². The maximum Gasteiger partial charge on any atom is 0.240 e. The Bertz CT molecular complexity index is 829. The molecule has 130 valence electrons. The largest absolute Gasteiger partial charge is 0.493 e. The number of aryl methyl sites for hydroxylation is 1. The Labute approximate surface area is 147 Å². The van der Waals surface area contributed by atoms with Crippen molar-refractivity contribution in [2.45, 2.75) is 26.3 Å². The van der Waals surface area contributed by atoms with E-state index in [9.17, 15) is 4.79 Å². The Morgan fingerprint density at radius 1 is 1.12 bits per heavy atom. The zero-order valence-corrected chi connectivity index (χ0v) is 14.9. The summed E-state index contributed by atoms with van der Waals surface area (Å²) in [6, 6.07) is 13.8. The molecule has 0 radical (unpaired) electrons. The van der Waals surface area contributed by atoms with Crippen molar-refractivity contribution >= 4 is 11.6 Å². The van der Waals surface area contributed by atoms with Crippen molar-refractivity contribution in [1.82, 2.24) is 5.01 Å². The number of benzene rings is 2. The molecule has 5 nitrogen and oxygen atoms in total. The lowest BCUT2D eigenvalue weighted by atomic mass is 9.97. The summed E-state index contributed by atoms with van der Waals surface area (Å²) in [6.45, 7) is 3.59. The minimum Gasteiger partial charge on any atom is -0.493 e. The lowest BCUT2D eigenvalue weighted by Gasteiger charge is -2.20. The van der Waals surface area contributed by atoms with E-state index in [0.717, 1.165) is 16.8 Å². The normalized spacial score (nSPS) is 16.6. The third kappa shape index (κ3) is 3.36. The lowest BCUT2D eigenvalue weighted by Crippen LogP contribution is -2.24. The Kier molecular flexibility index (Phi) is 4.74. The first-order chi connectivity index (χ1) is 12.0. The molecule has 2 aromatic carbocycles. The van der Waals surface area contributed by atoms with E-state index in [-0.39, 0.29) is 11.9 Å². The molecule has 25 heavy (non-hydrogen) atoms. The maximum atomic E-state index is 12.1. The minimum absolute atomic E-state index is 0.0676. The number of amides is 1. The summed E-state index contributed by atoms with van der Waals surface area (Å²) >= 11 is 0. The first-order valence-corrected chi connectivity index (χ1v) is 8.19. The van der Waals surface area contributed by atoms with Crippen LogP contribution in [0.5, 0.6) is 11.5 Å². The number of hydrazone groups is 1. The molecule has 0 aliphatic carbocycles. The van der Waals surface area contributed by atoms with Gasteiger partial charge in [-0.1, -0.05) is 29.8 Å². The summed E-state index contributed by atoms with van der Waals surface area (Å²) in [7, 11) is 3.21. The van der Waals surface area contributed by atoms with Crippen LogP contribution in [-0.2, 0) is 4.79 Å². The molecule has 2 aromatic rings. The highest BCUT2D eigenvalue weighted by molar-refractivity contribution is 6.03. The summed E-state index contributed by atoms with van der Waals surface area (Å²) in [4.78, 5) is 12.1. The van der Waals surface area contributed by atoms with Crippen LogP contribution in [0.2, 0.25) is 0 Å². The van der Waals surface area contributed by atoms with Gasteiger partial charge in [0.15, 0.2) is 11.5 Å². The smallest absolute Gasteiger partial charge is 0.240 e. The van der Waals surface area contributed by atoms with E-state index in [4.69, 9.17) is 9.47 Å². The first kappa shape index (κ1) is 17.0. The molecule has 0 saturated carbocycles. The van der Waals surface area contributed by atoms with Gasteiger partial charge in [-0.15, -0.1) is 0 Å². The summed E-state index contributed by atoms with van der Waals surface area (Å²) in [6.07, 6.45) is 0.665. The van der Waals surface area contributed by atoms with Crippen LogP contribution < -0.4 is 9.47 Å². The second-order valence-corrected chi connectivity index (χ2v) is 6.11. The Morgan fingerprint density at radius 2 is 1.88 bits per heavy atom. The van der Waals surface area contributed by atoms with Gasteiger partial charge in [0.25, 0.3) is 0 Å². The van der Waals surface area contributed by atoms with Crippen LogP contribution in [0, 0.1) is 6.92 Å².